The number of carbonyl (C=O) groups is 2. The second-order valence-corrected chi connectivity index (χ2v) is 15.2. The Morgan fingerprint density at radius 2 is 1.51 bits per heavy atom. The number of nitrogens with zero attached hydrogens (tertiary/aromatic N) is 2. The fourth-order valence-corrected chi connectivity index (χ4v) is 7.89. The molecule has 1 atom stereocenters. The molecule has 0 aliphatic heterocycles. The van der Waals surface area contributed by atoms with Gasteiger partial charge in [0, 0.05) is 28.5 Å². The number of anilines is 1. The van der Waals surface area contributed by atoms with Crippen LogP contribution in [0.25, 0.3) is 0 Å². The molecular formula is C37H39BrClN3O4S. The summed E-state index contributed by atoms with van der Waals surface area (Å²) in [6.45, 7) is 1.35. The van der Waals surface area contributed by atoms with Crippen LogP contribution in [0.5, 0.6) is 0 Å². The molecule has 1 saturated carbocycles. The highest BCUT2D eigenvalue weighted by atomic mass is 79.9. The minimum absolute atomic E-state index is 0.0308. The van der Waals surface area contributed by atoms with Crippen molar-refractivity contribution in [2.45, 2.75) is 69.0 Å². The van der Waals surface area contributed by atoms with E-state index in [-0.39, 0.29) is 29.8 Å². The Balaban J connectivity index is 1.58. The molecule has 1 aliphatic rings. The largest absolute Gasteiger partial charge is 0.352 e. The van der Waals surface area contributed by atoms with Crippen LogP contribution in [0.15, 0.2) is 112 Å². The van der Waals surface area contributed by atoms with Crippen molar-refractivity contribution in [1.82, 2.24) is 10.2 Å². The summed E-state index contributed by atoms with van der Waals surface area (Å²) in [6.07, 6.45) is 5.28. The lowest BCUT2D eigenvalue weighted by Crippen LogP contribution is -2.55. The number of hydrogen-bond acceptors (Lipinski definition) is 4. The standard InChI is InChI=1S/C37H39BrClN3O4S/c1-27-17-22-31(39)24-34(27)42(47(45,46)33-15-9-4-10-16-33)26-36(43)41(25-29-18-20-30(38)21-19-29)35(23-28-11-5-2-6-12-28)37(44)40-32-13-7-3-8-14-32/h2,4-6,9-12,15-22,24,32,35H,3,7-8,13-14,23,25-26H2,1H3,(H,40,44). The number of rotatable bonds is 12. The zero-order valence-corrected chi connectivity index (χ0v) is 29.5. The smallest absolute Gasteiger partial charge is 0.264 e. The van der Waals surface area contributed by atoms with Gasteiger partial charge in [-0.15, -0.1) is 0 Å². The zero-order valence-electron chi connectivity index (χ0n) is 26.3. The Morgan fingerprint density at radius 3 is 2.17 bits per heavy atom. The first-order valence-corrected chi connectivity index (χ1v) is 18.4. The molecule has 0 bridgehead atoms. The fraction of sp³-hybridized carbons (Fsp3) is 0.297. The lowest BCUT2D eigenvalue weighted by Gasteiger charge is -2.35. The predicted molar refractivity (Wildman–Crippen MR) is 191 cm³/mol. The molecule has 0 saturated heterocycles. The van der Waals surface area contributed by atoms with Crippen LogP contribution in [-0.2, 0) is 32.6 Å². The van der Waals surface area contributed by atoms with Crippen LogP contribution in [0.3, 0.4) is 0 Å². The summed E-state index contributed by atoms with van der Waals surface area (Å²) in [7, 11) is -4.21. The van der Waals surface area contributed by atoms with Crippen molar-refractivity contribution >= 4 is 55.1 Å². The Hall–Kier alpha value is -3.66. The van der Waals surface area contributed by atoms with E-state index in [9.17, 15) is 18.0 Å². The number of benzene rings is 4. The molecule has 246 valence electrons. The first-order valence-electron chi connectivity index (χ1n) is 15.8. The number of hydrogen-bond donors (Lipinski definition) is 1. The first kappa shape index (κ1) is 34.7. The van der Waals surface area contributed by atoms with E-state index < -0.39 is 28.5 Å². The van der Waals surface area contributed by atoms with E-state index in [0.29, 0.717) is 16.3 Å². The second-order valence-electron chi connectivity index (χ2n) is 12.0. The molecule has 1 N–H and O–H groups in total. The molecule has 1 fully saturated rings. The molecule has 0 radical (unpaired) electrons. The molecule has 7 nitrogen and oxygen atoms in total. The minimum Gasteiger partial charge on any atom is -0.352 e. The monoisotopic (exact) mass is 735 g/mol. The van der Waals surface area contributed by atoms with Gasteiger partial charge in [0.1, 0.15) is 12.6 Å². The van der Waals surface area contributed by atoms with Gasteiger partial charge < -0.3 is 10.2 Å². The summed E-state index contributed by atoms with van der Waals surface area (Å²) in [4.78, 5) is 30.5. The normalized spacial score (nSPS) is 14.3. The Morgan fingerprint density at radius 1 is 0.872 bits per heavy atom. The Kier molecular flexibility index (Phi) is 11.8. The van der Waals surface area contributed by atoms with Crippen LogP contribution >= 0.6 is 27.5 Å². The van der Waals surface area contributed by atoms with Gasteiger partial charge in [0.05, 0.1) is 10.6 Å². The Labute approximate surface area is 291 Å². The van der Waals surface area contributed by atoms with Gasteiger partial charge in [-0.25, -0.2) is 8.42 Å². The number of sulfonamides is 1. The maximum atomic E-state index is 14.7. The van der Waals surface area contributed by atoms with Gasteiger partial charge in [-0.1, -0.05) is 114 Å². The van der Waals surface area contributed by atoms with Crippen molar-refractivity contribution < 1.29 is 18.0 Å². The van der Waals surface area contributed by atoms with Gasteiger partial charge in [0.2, 0.25) is 11.8 Å². The fourth-order valence-electron chi connectivity index (χ4n) is 5.97. The van der Waals surface area contributed by atoms with E-state index in [4.69, 9.17) is 11.6 Å². The third kappa shape index (κ3) is 9.03. The van der Waals surface area contributed by atoms with Crippen LogP contribution < -0.4 is 9.62 Å². The lowest BCUT2D eigenvalue weighted by molar-refractivity contribution is -0.140. The van der Waals surface area contributed by atoms with Gasteiger partial charge >= 0.3 is 0 Å². The highest BCUT2D eigenvalue weighted by Crippen LogP contribution is 2.30. The third-order valence-electron chi connectivity index (χ3n) is 8.54. The topological polar surface area (TPSA) is 86.8 Å². The van der Waals surface area contributed by atoms with Crippen molar-refractivity contribution in [3.8, 4) is 0 Å². The molecular weight excluding hydrogens is 698 g/mol. The summed E-state index contributed by atoms with van der Waals surface area (Å²) in [5.74, 6) is -0.755. The average Bonchev–Trinajstić information content (AvgIpc) is 3.08. The molecule has 5 rings (SSSR count). The second kappa shape index (κ2) is 16.0. The summed E-state index contributed by atoms with van der Waals surface area (Å²) < 4.78 is 30.5. The maximum absolute atomic E-state index is 14.7. The molecule has 4 aromatic carbocycles. The SMILES string of the molecule is Cc1ccc(Cl)cc1N(CC(=O)N(Cc1ccc(Br)cc1)C(Cc1ccccc1)C(=O)NC1CCCCC1)S(=O)(=O)c1ccccc1. The summed E-state index contributed by atoms with van der Waals surface area (Å²) in [6, 6.07) is 29.3. The molecule has 47 heavy (non-hydrogen) atoms. The molecule has 0 heterocycles. The van der Waals surface area contributed by atoms with Crippen LogP contribution in [0, 0.1) is 6.92 Å². The Bertz CT molecular complexity index is 1770. The van der Waals surface area contributed by atoms with Crippen molar-refractivity contribution in [3.05, 3.63) is 129 Å². The predicted octanol–water partition coefficient (Wildman–Crippen LogP) is 7.70. The van der Waals surface area contributed by atoms with Gasteiger partial charge in [0.25, 0.3) is 10.0 Å². The number of carbonyl (C=O) groups excluding carboxylic acids is 2. The molecule has 10 heteroatoms. The van der Waals surface area contributed by atoms with Crippen LogP contribution in [0.2, 0.25) is 5.02 Å². The van der Waals surface area contributed by atoms with Gasteiger partial charge in [-0.05, 0) is 72.9 Å². The van der Waals surface area contributed by atoms with E-state index >= 15 is 0 Å². The van der Waals surface area contributed by atoms with Crippen molar-refractivity contribution in [2.75, 3.05) is 10.8 Å². The molecule has 2 amide bonds. The van der Waals surface area contributed by atoms with E-state index in [1.807, 2.05) is 54.6 Å². The van der Waals surface area contributed by atoms with E-state index in [2.05, 4.69) is 21.2 Å². The van der Waals surface area contributed by atoms with Crippen molar-refractivity contribution in [1.29, 1.82) is 0 Å². The summed E-state index contributed by atoms with van der Waals surface area (Å²) in [5, 5.41) is 3.58. The minimum atomic E-state index is -4.21. The summed E-state index contributed by atoms with van der Waals surface area (Å²) >= 11 is 9.86. The number of aryl methyl sites for hydroxylation is 1. The summed E-state index contributed by atoms with van der Waals surface area (Å²) in [5.41, 5.74) is 2.63. The van der Waals surface area contributed by atoms with E-state index in [0.717, 1.165) is 52.0 Å². The third-order valence-corrected chi connectivity index (χ3v) is 11.1. The van der Waals surface area contributed by atoms with Gasteiger partial charge in [-0.2, -0.15) is 0 Å². The number of halogens is 2. The van der Waals surface area contributed by atoms with Crippen LogP contribution in [0.1, 0.15) is 48.8 Å². The maximum Gasteiger partial charge on any atom is 0.264 e. The number of nitrogens with one attached hydrogen (secondary N) is 1. The van der Waals surface area contributed by atoms with Crippen molar-refractivity contribution in [3.63, 3.8) is 0 Å². The zero-order chi connectivity index (χ0) is 33.4. The number of amides is 2. The first-order chi connectivity index (χ1) is 22.6. The van der Waals surface area contributed by atoms with E-state index in [1.165, 1.54) is 17.0 Å². The lowest BCUT2D eigenvalue weighted by atomic mass is 9.94. The van der Waals surface area contributed by atoms with Gasteiger partial charge in [-0.3, -0.25) is 13.9 Å². The van der Waals surface area contributed by atoms with Gasteiger partial charge in [0.15, 0.2) is 0 Å². The molecule has 1 unspecified atom stereocenters. The van der Waals surface area contributed by atoms with Crippen LogP contribution in [-0.4, -0.2) is 43.8 Å². The molecule has 4 aromatic rings. The van der Waals surface area contributed by atoms with E-state index in [1.54, 1.807) is 43.3 Å². The quantitative estimate of drug-likeness (QED) is 0.162. The highest BCUT2D eigenvalue weighted by molar-refractivity contribution is 9.10. The van der Waals surface area contributed by atoms with Crippen LogP contribution in [0.4, 0.5) is 5.69 Å². The average molecular weight is 737 g/mol. The highest BCUT2D eigenvalue weighted by Gasteiger charge is 2.36. The molecule has 0 aromatic heterocycles. The molecule has 0 spiro atoms. The van der Waals surface area contributed by atoms with Crippen molar-refractivity contribution in [2.24, 2.45) is 0 Å². The molecule has 1 aliphatic carbocycles.